The fraction of sp³-hybridized carbons (Fsp3) is 0.286. The lowest BCUT2D eigenvalue weighted by atomic mass is 10.1. The lowest BCUT2D eigenvalue weighted by molar-refractivity contribution is -0.119. The van der Waals surface area contributed by atoms with Crippen molar-refractivity contribution < 1.29 is 14.3 Å². The molecule has 1 aromatic heterocycles. The Balaban J connectivity index is 1.96. The van der Waals surface area contributed by atoms with Crippen LogP contribution in [0.15, 0.2) is 47.3 Å². The smallest absolute Gasteiger partial charge is 0.275 e. The summed E-state index contributed by atoms with van der Waals surface area (Å²) in [6.45, 7) is 3.68. The summed E-state index contributed by atoms with van der Waals surface area (Å²) in [5, 5.41) is 8.57. The fourth-order valence-corrected chi connectivity index (χ4v) is 3.19. The van der Waals surface area contributed by atoms with E-state index >= 15 is 0 Å². The third-order valence-corrected chi connectivity index (χ3v) is 4.65. The maximum Gasteiger partial charge on any atom is 0.275 e. The molecule has 7 heteroatoms. The van der Waals surface area contributed by atoms with Crippen molar-refractivity contribution in [1.29, 1.82) is 0 Å². The van der Waals surface area contributed by atoms with Crippen molar-refractivity contribution in [2.75, 3.05) is 19.5 Å². The minimum atomic E-state index is -0.732. The molecule has 0 aliphatic rings. The van der Waals surface area contributed by atoms with Crippen LogP contribution in [-0.4, -0.2) is 29.9 Å². The number of hydrogen-bond acceptors (Lipinski definition) is 5. The first-order chi connectivity index (χ1) is 13.5. The zero-order valence-corrected chi connectivity index (χ0v) is 16.4. The van der Waals surface area contributed by atoms with Gasteiger partial charge in [-0.15, -0.1) is 0 Å². The lowest BCUT2D eigenvalue weighted by Gasteiger charge is -2.18. The first-order valence-electron chi connectivity index (χ1n) is 9.01. The van der Waals surface area contributed by atoms with E-state index in [1.807, 2.05) is 26.0 Å². The van der Waals surface area contributed by atoms with E-state index in [4.69, 9.17) is 9.47 Å². The fourth-order valence-electron chi connectivity index (χ4n) is 3.19. The summed E-state index contributed by atoms with van der Waals surface area (Å²) in [6, 6.07) is 11.6. The standard InChI is InChI=1S/C21H23N3O4/c1-5-17(20(25)22-14-10-11-18(27-3)19(12-14)28-4)24-21(26)16-9-7-6-8-15(16)13(2)23-24/h6-12,17H,5H2,1-4H3,(H,22,25). The van der Waals surface area contributed by atoms with Crippen LogP contribution in [0.25, 0.3) is 10.8 Å². The molecule has 3 rings (SSSR count). The highest BCUT2D eigenvalue weighted by Crippen LogP contribution is 2.30. The van der Waals surface area contributed by atoms with Gasteiger partial charge in [0.1, 0.15) is 6.04 Å². The van der Waals surface area contributed by atoms with E-state index in [0.717, 1.165) is 5.39 Å². The van der Waals surface area contributed by atoms with E-state index < -0.39 is 6.04 Å². The van der Waals surface area contributed by atoms with Crippen LogP contribution in [0, 0.1) is 6.92 Å². The number of methoxy groups -OCH3 is 2. The molecule has 3 aromatic rings. The molecule has 0 bridgehead atoms. The van der Waals surface area contributed by atoms with Crippen LogP contribution in [0.1, 0.15) is 25.1 Å². The van der Waals surface area contributed by atoms with Gasteiger partial charge in [0.05, 0.1) is 25.3 Å². The predicted molar refractivity (Wildman–Crippen MR) is 108 cm³/mol. The molecule has 0 aliphatic carbocycles. The Morgan fingerprint density at radius 1 is 1.11 bits per heavy atom. The lowest BCUT2D eigenvalue weighted by Crippen LogP contribution is -2.35. The van der Waals surface area contributed by atoms with Gasteiger partial charge in [-0.3, -0.25) is 9.59 Å². The van der Waals surface area contributed by atoms with Crippen molar-refractivity contribution in [2.24, 2.45) is 0 Å². The Morgan fingerprint density at radius 3 is 2.43 bits per heavy atom. The third-order valence-electron chi connectivity index (χ3n) is 4.65. The SMILES string of the molecule is CCC(C(=O)Nc1ccc(OC)c(OC)c1)n1nc(C)c2ccccc2c1=O. The van der Waals surface area contributed by atoms with Gasteiger partial charge >= 0.3 is 0 Å². The summed E-state index contributed by atoms with van der Waals surface area (Å²) in [7, 11) is 3.07. The second-order valence-electron chi connectivity index (χ2n) is 6.36. The Kier molecular flexibility index (Phi) is 5.63. The number of rotatable bonds is 6. The number of carbonyl (C=O) groups excluding carboxylic acids is 1. The van der Waals surface area contributed by atoms with Crippen LogP contribution >= 0.6 is 0 Å². The van der Waals surface area contributed by atoms with Crippen molar-refractivity contribution in [1.82, 2.24) is 9.78 Å². The molecule has 0 fully saturated rings. The number of nitrogens with one attached hydrogen (secondary N) is 1. The molecule has 1 N–H and O–H groups in total. The average molecular weight is 381 g/mol. The molecule has 146 valence electrons. The molecular weight excluding hydrogens is 358 g/mol. The molecule has 1 atom stereocenters. The van der Waals surface area contributed by atoms with Crippen molar-refractivity contribution in [3.63, 3.8) is 0 Å². The summed E-state index contributed by atoms with van der Waals surface area (Å²) >= 11 is 0. The van der Waals surface area contributed by atoms with Gasteiger partial charge < -0.3 is 14.8 Å². The second kappa shape index (κ2) is 8.12. The zero-order chi connectivity index (χ0) is 20.3. The Bertz CT molecular complexity index is 1070. The average Bonchev–Trinajstić information content (AvgIpc) is 2.72. The quantitative estimate of drug-likeness (QED) is 0.708. The highest BCUT2D eigenvalue weighted by Gasteiger charge is 2.23. The maximum atomic E-state index is 12.9. The third kappa shape index (κ3) is 3.55. The first-order valence-corrected chi connectivity index (χ1v) is 9.01. The molecule has 28 heavy (non-hydrogen) atoms. The minimum absolute atomic E-state index is 0.282. The highest BCUT2D eigenvalue weighted by atomic mass is 16.5. The van der Waals surface area contributed by atoms with Gasteiger partial charge in [-0.25, -0.2) is 4.68 Å². The van der Waals surface area contributed by atoms with E-state index in [0.29, 0.717) is 34.7 Å². The summed E-state index contributed by atoms with van der Waals surface area (Å²) in [4.78, 5) is 25.8. The largest absolute Gasteiger partial charge is 0.493 e. The zero-order valence-electron chi connectivity index (χ0n) is 16.4. The van der Waals surface area contributed by atoms with E-state index in [9.17, 15) is 9.59 Å². The summed E-state index contributed by atoms with van der Waals surface area (Å²) in [5.74, 6) is 0.750. The molecule has 1 heterocycles. The maximum absolute atomic E-state index is 12.9. The van der Waals surface area contributed by atoms with Gasteiger partial charge in [-0.1, -0.05) is 25.1 Å². The van der Waals surface area contributed by atoms with Crippen LogP contribution < -0.4 is 20.3 Å². The van der Waals surface area contributed by atoms with E-state index in [1.165, 1.54) is 11.8 Å². The van der Waals surface area contributed by atoms with Gasteiger partial charge in [-0.2, -0.15) is 5.10 Å². The van der Waals surface area contributed by atoms with Gasteiger partial charge in [0.2, 0.25) is 5.91 Å². The normalized spacial score (nSPS) is 11.9. The predicted octanol–water partition coefficient (Wildman–Crippen LogP) is 3.31. The van der Waals surface area contributed by atoms with Crippen LogP contribution in [0.4, 0.5) is 5.69 Å². The van der Waals surface area contributed by atoms with Crippen LogP contribution in [0.3, 0.4) is 0 Å². The van der Waals surface area contributed by atoms with Crippen LogP contribution in [-0.2, 0) is 4.79 Å². The van der Waals surface area contributed by atoms with Gasteiger partial charge in [0, 0.05) is 17.1 Å². The van der Waals surface area contributed by atoms with E-state index in [1.54, 1.807) is 37.4 Å². The molecule has 0 aliphatic heterocycles. The molecule has 0 saturated carbocycles. The number of anilines is 1. The molecule has 2 aromatic carbocycles. The van der Waals surface area contributed by atoms with E-state index in [2.05, 4.69) is 10.4 Å². The minimum Gasteiger partial charge on any atom is -0.493 e. The second-order valence-corrected chi connectivity index (χ2v) is 6.36. The van der Waals surface area contributed by atoms with Crippen molar-refractivity contribution >= 4 is 22.4 Å². The first kappa shape index (κ1) is 19.4. The van der Waals surface area contributed by atoms with Gasteiger partial charge in [0.15, 0.2) is 11.5 Å². The number of nitrogens with zero attached hydrogens (tertiary/aromatic N) is 2. The number of hydrogen-bond donors (Lipinski definition) is 1. The molecule has 0 radical (unpaired) electrons. The Labute approximate surface area is 162 Å². The highest BCUT2D eigenvalue weighted by molar-refractivity contribution is 5.94. The number of aromatic nitrogens is 2. The topological polar surface area (TPSA) is 82.4 Å². The number of benzene rings is 2. The molecule has 7 nitrogen and oxygen atoms in total. The van der Waals surface area contributed by atoms with Crippen LogP contribution in [0.5, 0.6) is 11.5 Å². The summed E-state index contributed by atoms with van der Waals surface area (Å²) < 4.78 is 11.8. The van der Waals surface area contributed by atoms with Gasteiger partial charge in [0.25, 0.3) is 5.56 Å². The van der Waals surface area contributed by atoms with Gasteiger partial charge in [-0.05, 0) is 31.5 Å². The van der Waals surface area contributed by atoms with Crippen molar-refractivity contribution in [3.8, 4) is 11.5 Å². The van der Waals surface area contributed by atoms with Crippen LogP contribution in [0.2, 0.25) is 0 Å². The van der Waals surface area contributed by atoms with Crippen molar-refractivity contribution in [2.45, 2.75) is 26.3 Å². The molecule has 0 saturated heterocycles. The van der Waals surface area contributed by atoms with Crippen molar-refractivity contribution in [3.05, 3.63) is 58.5 Å². The number of aryl methyl sites for hydroxylation is 1. The molecular formula is C21H23N3O4. The summed E-state index contributed by atoms with van der Waals surface area (Å²) in [5.41, 5.74) is 0.967. The molecule has 0 spiro atoms. The Morgan fingerprint density at radius 2 is 1.79 bits per heavy atom. The number of carbonyl (C=O) groups is 1. The monoisotopic (exact) mass is 381 g/mol. The number of ether oxygens (including phenoxy) is 2. The molecule has 1 amide bonds. The summed E-state index contributed by atoms with van der Waals surface area (Å²) in [6.07, 6.45) is 0.420. The molecule has 1 unspecified atom stereocenters. The van der Waals surface area contributed by atoms with E-state index in [-0.39, 0.29) is 11.5 Å². The Hall–Kier alpha value is -3.35. The number of amides is 1. The number of fused-ring (bicyclic) bond motifs is 1.